The Bertz CT molecular complexity index is 1690. The molecule has 11 nitrogen and oxygen atoms in total. The Balaban J connectivity index is 1.33. The third kappa shape index (κ3) is 9.38. The summed E-state index contributed by atoms with van der Waals surface area (Å²) in [6.07, 6.45) is 0.599. The number of alkyl carbamates (subject to hydrolysis) is 1. The average molecular weight is 702 g/mol. The average Bonchev–Trinajstić information content (AvgIpc) is 3.75. The molecule has 274 valence electrons. The van der Waals surface area contributed by atoms with Crippen molar-refractivity contribution in [3.8, 4) is 0 Å². The number of fused-ring (bicyclic) bond motifs is 1. The van der Waals surface area contributed by atoms with Gasteiger partial charge in [0.15, 0.2) is 0 Å². The second-order valence-corrected chi connectivity index (χ2v) is 14.5. The summed E-state index contributed by atoms with van der Waals surface area (Å²) >= 11 is 0. The second-order valence-electron chi connectivity index (χ2n) is 14.5. The molecule has 0 spiro atoms. The van der Waals surface area contributed by atoms with Gasteiger partial charge in [0.05, 0.1) is 19.7 Å². The number of esters is 3. The molecule has 3 atom stereocenters. The molecule has 0 radical (unpaired) electrons. The van der Waals surface area contributed by atoms with E-state index in [1.54, 1.807) is 27.7 Å². The summed E-state index contributed by atoms with van der Waals surface area (Å²) in [6, 6.07) is 21.3. The highest BCUT2D eigenvalue weighted by molar-refractivity contribution is 5.88. The number of hydrogen-bond acceptors (Lipinski definition) is 10. The van der Waals surface area contributed by atoms with Crippen LogP contribution in [-0.2, 0) is 39.8 Å². The van der Waals surface area contributed by atoms with Gasteiger partial charge >= 0.3 is 24.0 Å². The predicted molar refractivity (Wildman–Crippen MR) is 194 cm³/mol. The zero-order chi connectivity index (χ0) is 36.8. The first kappa shape index (κ1) is 37.6. The lowest BCUT2D eigenvalue weighted by molar-refractivity contribution is -0.192. The van der Waals surface area contributed by atoms with Crippen LogP contribution in [0, 0.1) is 0 Å². The Morgan fingerprint density at radius 3 is 2.25 bits per heavy atom. The standard InChI is InChI=1S/C40H51N3O8/c1-7-48-34(44)25-29-17-19-31(20-18-29)42-23-24-43(26-42)35(27(2)32-16-12-14-30-13-8-9-15-33(30)32)36(45)49-28(3)50-37(46)40(21-10-11-22-40)41-38(47)51-39(4,5)6/h8-9,12-20,27-28,35H,7,10-11,21-26H2,1-6H3,(H,41,47)/t27-,28?,35-/m1/s1. The molecule has 5 rings (SSSR count). The van der Waals surface area contributed by atoms with Gasteiger partial charge in [-0.3, -0.25) is 14.5 Å². The maximum Gasteiger partial charge on any atom is 0.408 e. The molecule has 51 heavy (non-hydrogen) atoms. The van der Waals surface area contributed by atoms with E-state index in [2.05, 4.69) is 21.2 Å². The highest BCUT2D eigenvalue weighted by Gasteiger charge is 2.46. The largest absolute Gasteiger partial charge is 0.466 e. The van der Waals surface area contributed by atoms with Crippen LogP contribution in [0.1, 0.15) is 84.3 Å². The van der Waals surface area contributed by atoms with Gasteiger partial charge < -0.3 is 29.2 Å². The van der Waals surface area contributed by atoms with Gasteiger partial charge in [0.1, 0.15) is 17.2 Å². The molecular weight excluding hydrogens is 650 g/mol. The van der Waals surface area contributed by atoms with Crippen molar-refractivity contribution in [2.45, 2.75) is 103 Å². The SMILES string of the molecule is CCOC(=O)Cc1ccc(N2CCN([C@@H](C(=O)OC(C)OC(=O)C3(NC(=O)OC(C)(C)C)CCCC3)[C@H](C)c3cccc4ccccc34)C2)cc1. The lowest BCUT2D eigenvalue weighted by atomic mass is 9.88. The van der Waals surface area contributed by atoms with Crippen LogP contribution in [0.3, 0.4) is 0 Å². The fourth-order valence-corrected chi connectivity index (χ4v) is 7.12. The van der Waals surface area contributed by atoms with E-state index in [1.807, 2.05) is 67.6 Å². The van der Waals surface area contributed by atoms with Gasteiger partial charge in [-0.1, -0.05) is 74.4 Å². The number of carbonyl (C=O) groups is 4. The van der Waals surface area contributed by atoms with Crippen molar-refractivity contribution >= 4 is 40.5 Å². The van der Waals surface area contributed by atoms with E-state index in [1.165, 1.54) is 6.92 Å². The van der Waals surface area contributed by atoms with Gasteiger partial charge in [-0.25, -0.2) is 9.59 Å². The molecule has 1 unspecified atom stereocenters. The summed E-state index contributed by atoms with van der Waals surface area (Å²) in [5.41, 5.74) is 0.860. The minimum absolute atomic E-state index is 0.206. The third-order valence-corrected chi connectivity index (χ3v) is 9.53. The molecule has 3 aromatic rings. The number of rotatable bonds is 12. The molecule has 1 N–H and O–H groups in total. The van der Waals surface area contributed by atoms with Crippen molar-refractivity contribution < 1.29 is 38.1 Å². The molecule has 1 aliphatic heterocycles. The summed E-state index contributed by atoms with van der Waals surface area (Å²) in [4.78, 5) is 56.8. The summed E-state index contributed by atoms with van der Waals surface area (Å²) in [7, 11) is 0. The van der Waals surface area contributed by atoms with Crippen molar-refractivity contribution in [2.24, 2.45) is 0 Å². The van der Waals surface area contributed by atoms with Crippen LogP contribution in [0.25, 0.3) is 10.8 Å². The summed E-state index contributed by atoms with van der Waals surface area (Å²) in [5, 5.41) is 4.88. The number of carbonyl (C=O) groups excluding carboxylic acids is 4. The predicted octanol–water partition coefficient (Wildman–Crippen LogP) is 6.47. The van der Waals surface area contributed by atoms with Gasteiger partial charge in [0.2, 0.25) is 6.29 Å². The maximum atomic E-state index is 14.2. The van der Waals surface area contributed by atoms with Gasteiger partial charge in [-0.15, -0.1) is 0 Å². The van der Waals surface area contributed by atoms with E-state index in [-0.39, 0.29) is 18.3 Å². The van der Waals surface area contributed by atoms with E-state index in [4.69, 9.17) is 18.9 Å². The van der Waals surface area contributed by atoms with Crippen LogP contribution in [0.2, 0.25) is 0 Å². The molecule has 1 heterocycles. The zero-order valence-electron chi connectivity index (χ0n) is 30.6. The summed E-state index contributed by atoms with van der Waals surface area (Å²) in [5.74, 6) is -1.71. The lowest BCUT2D eigenvalue weighted by Crippen LogP contribution is -2.55. The lowest BCUT2D eigenvalue weighted by Gasteiger charge is -2.33. The summed E-state index contributed by atoms with van der Waals surface area (Å²) < 4.78 is 22.2. The quantitative estimate of drug-likeness (QED) is 0.128. The van der Waals surface area contributed by atoms with Crippen molar-refractivity contribution in [1.82, 2.24) is 10.2 Å². The molecule has 1 saturated heterocycles. The topological polar surface area (TPSA) is 124 Å². The van der Waals surface area contributed by atoms with Crippen LogP contribution in [0.4, 0.5) is 10.5 Å². The Hall–Kier alpha value is -4.64. The Morgan fingerprint density at radius 1 is 0.882 bits per heavy atom. The molecule has 2 aliphatic rings. The smallest absolute Gasteiger partial charge is 0.408 e. The van der Waals surface area contributed by atoms with E-state index in [0.717, 1.165) is 40.4 Å². The third-order valence-electron chi connectivity index (χ3n) is 9.53. The molecule has 0 aromatic heterocycles. The van der Waals surface area contributed by atoms with Gasteiger partial charge in [-0.05, 0) is 74.6 Å². The molecule has 1 amide bonds. The molecule has 0 bridgehead atoms. The number of benzene rings is 3. The number of anilines is 1. The molecule has 11 heteroatoms. The van der Waals surface area contributed by atoms with Crippen molar-refractivity contribution in [2.75, 3.05) is 31.3 Å². The first-order chi connectivity index (χ1) is 24.3. The van der Waals surface area contributed by atoms with Crippen molar-refractivity contribution in [1.29, 1.82) is 0 Å². The van der Waals surface area contributed by atoms with E-state index >= 15 is 0 Å². The Kier molecular flexibility index (Phi) is 11.9. The highest BCUT2D eigenvalue weighted by Crippen LogP contribution is 2.34. The number of nitrogens with zero attached hydrogens (tertiary/aromatic N) is 2. The number of hydrogen-bond donors (Lipinski definition) is 1. The van der Waals surface area contributed by atoms with Crippen LogP contribution >= 0.6 is 0 Å². The first-order valence-electron chi connectivity index (χ1n) is 17.9. The number of amides is 1. The number of ether oxygens (including phenoxy) is 4. The number of nitrogens with one attached hydrogen (secondary N) is 1. The van der Waals surface area contributed by atoms with E-state index < -0.39 is 41.5 Å². The maximum absolute atomic E-state index is 14.2. The second kappa shape index (κ2) is 16.1. The minimum atomic E-state index is -1.25. The Labute approximate surface area is 300 Å². The fourth-order valence-electron chi connectivity index (χ4n) is 7.12. The highest BCUT2D eigenvalue weighted by atomic mass is 16.7. The van der Waals surface area contributed by atoms with E-state index in [0.29, 0.717) is 39.2 Å². The minimum Gasteiger partial charge on any atom is -0.466 e. The van der Waals surface area contributed by atoms with Crippen LogP contribution < -0.4 is 10.2 Å². The molecule has 1 saturated carbocycles. The zero-order valence-corrected chi connectivity index (χ0v) is 30.6. The van der Waals surface area contributed by atoms with Gasteiger partial charge in [-0.2, -0.15) is 0 Å². The first-order valence-corrected chi connectivity index (χ1v) is 17.9. The van der Waals surface area contributed by atoms with E-state index in [9.17, 15) is 19.2 Å². The molecule has 1 aliphatic carbocycles. The van der Waals surface area contributed by atoms with Gasteiger partial charge in [0, 0.05) is 31.6 Å². The molecule has 2 fully saturated rings. The monoisotopic (exact) mass is 701 g/mol. The van der Waals surface area contributed by atoms with Crippen LogP contribution in [0.15, 0.2) is 66.7 Å². The van der Waals surface area contributed by atoms with Gasteiger partial charge in [0.25, 0.3) is 0 Å². The molecule has 3 aromatic carbocycles. The van der Waals surface area contributed by atoms with Crippen molar-refractivity contribution in [3.63, 3.8) is 0 Å². The van der Waals surface area contributed by atoms with Crippen LogP contribution in [0.5, 0.6) is 0 Å². The summed E-state index contributed by atoms with van der Waals surface area (Å²) in [6.45, 7) is 12.7. The molecular formula is C40H51N3O8. The van der Waals surface area contributed by atoms with Crippen LogP contribution in [-0.4, -0.2) is 78.7 Å². The van der Waals surface area contributed by atoms with Crippen molar-refractivity contribution in [3.05, 3.63) is 77.9 Å². The normalized spacial score (nSPS) is 17.7. The Morgan fingerprint density at radius 2 is 1.57 bits per heavy atom. The fraction of sp³-hybridized carbons (Fsp3) is 0.500.